The summed E-state index contributed by atoms with van der Waals surface area (Å²) in [5, 5.41) is 4.50. The molecule has 0 radical (unpaired) electrons. The molecule has 1 aliphatic heterocycles. The lowest BCUT2D eigenvalue weighted by molar-refractivity contribution is 0.0631. The van der Waals surface area contributed by atoms with Crippen molar-refractivity contribution in [2.24, 2.45) is 0 Å². The fourth-order valence-electron chi connectivity index (χ4n) is 3.18. The number of nitrogens with zero attached hydrogens (tertiary/aromatic N) is 4. The Balaban J connectivity index is 1.56. The highest BCUT2D eigenvalue weighted by molar-refractivity contribution is 5.94. The third-order valence-corrected chi connectivity index (χ3v) is 4.94. The number of pyridine rings is 1. The van der Waals surface area contributed by atoms with Crippen molar-refractivity contribution in [1.82, 2.24) is 24.6 Å². The van der Waals surface area contributed by atoms with Gasteiger partial charge in [0.2, 0.25) is 5.56 Å². The summed E-state index contributed by atoms with van der Waals surface area (Å²) in [5.74, 6) is -0.124. The molecule has 1 aliphatic rings. The molecule has 1 N–H and O–H groups in total. The number of rotatable bonds is 4. The number of carbonyl (C=O) groups is 1. The van der Waals surface area contributed by atoms with Crippen LogP contribution in [0.15, 0.2) is 40.1 Å². The van der Waals surface area contributed by atoms with Gasteiger partial charge in [-0.2, -0.15) is 5.10 Å². The zero-order valence-electron chi connectivity index (χ0n) is 16.6. The minimum atomic E-state index is -0.278. The van der Waals surface area contributed by atoms with Crippen LogP contribution in [0, 0.1) is 0 Å². The molecule has 1 saturated heterocycles. The smallest absolute Gasteiger partial charge is 0.266 e. The van der Waals surface area contributed by atoms with Crippen LogP contribution in [0.1, 0.15) is 36.8 Å². The molecule has 0 aliphatic carbocycles. The van der Waals surface area contributed by atoms with E-state index in [1.54, 1.807) is 23.1 Å². The second-order valence-corrected chi connectivity index (χ2v) is 8.11. The number of aromatic nitrogens is 3. The molecule has 2 aromatic heterocycles. The van der Waals surface area contributed by atoms with E-state index in [4.69, 9.17) is 0 Å². The standard InChI is InChI=1S/C20H27N5O3/c1-20(2,3)16-4-5-18(27)25(22-16)13-10-23-8-11-24(12-9-23)19(28)15-6-7-21-17(26)14-15/h4-7,14H,8-13H2,1-3H3,(H,21,26). The Morgan fingerprint density at radius 1 is 1.07 bits per heavy atom. The number of hydrogen-bond acceptors (Lipinski definition) is 5. The Labute approximate surface area is 163 Å². The first-order valence-corrected chi connectivity index (χ1v) is 9.53. The minimum absolute atomic E-state index is 0.101. The quantitative estimate of drug-likeness (QED) is 0.836. The average Bonchev–Trinajstić information content (AvgIpc) is 2.66. The molecule has 150 valence electrons. The van der Waals surface area contributed by atoms with Crippen LogP contribution < -0.4 is 11.1 Å². The van der Waals surface area contributed by atoms with Gasteiger partial charge in [-0.3, -0.25) is 19.3 Å². The Bertz CT molecular complexity index is 949. The Morgan fingerprint density at radius 3 is 2.43 bits per heavy atom. The number of piperazine rings is 1. The molecule has 8 nitrogen and oxygen atoms in total. The van der Waals surface area contributed by atoms with Gasteiger partial charge in [0.05, 0.1) is 12.2 Å². The van der Waals surface area contributed by atoms with E-state index in [2.05, 4.69) is 35.8 Å². The lowest BCUT2D eigenvalue weighted by Gasteiger charge is -2.34. The molecule has 0 unspecified atom stereocenters. The second kappa shape index (κ2) is 8.10. The van der Waals surface area contributed by atoms with E-state index in [0.717, 1.165) is 18.8 Å². The predicted octanol–water partition coefficient (Wildman–Crippen LogP) is 0.687. The van der Waals surface area contributed by atoms with Crippen LogP contribution in [0.5, 0.6) is 0 Å². The molecule has 8 heteroatoms. The first-order valence-electron chi connectivity index (χ1n) is 9.53. The molecule has 28 heavy (non-hydrogen) atoms. The predicted molar refractivity (Wildman–Crippen MR) is 107 cm³/mol. The topological polar surface area (TPSA) is 91.3 Å². The summed E-state index contributed by atoms with van der Waals surface area (Å²) in [6, 6.07) is 6.31. The van der Waals surface area contributed by atoms with Gasteiger partial charge in [0, 0.05) is 62.0 Å². The summed E-state index contributed by atoms with van der Waals surface area (Å²) in [4.78, 5) is 42.5. The Hall–Kier alpha value is -2.74. The van der Waals surface area contributed by atoms with Gasteiger partial charge in [0.25, 0.3) is 11.5 Å². The van der Waals surface area contributed by atoms with Crippen LogP contribution in [0.25, 0.3) is 0 Å². The molecule has 0 bridgehead atoms. The SMILES string of the molecule is CC(C)(C)c1ccc(=O)n(CCN2CCN(C(=O)c3cc[nH]c(=O)c3)CC2)n1. The molecule has 0 spiro atoms. The first kappa shape index (κ1) is 20.0. The van der Waals surface area contributed by atoms with Crippen molar-refractivity contribution in [3.05, 3.63) is 62.4 Å². The number of H-pyrrole nitrogens is 1. The molecular weight excluding hydrogens is 358 g/mol. The van der Waals surface area contributed by atoms with Crippen molar-refractivity contribution in [2.45, 2.75) is 32.7 Å². The van der Waals surface area contributed by atoms with Gasteiger partial charge in [-0.15, -0.1) is 0 Å². The lowest BCUT2D eigenvalue weighted by atomic mass is 9.92. The van der Waals surface area contributed by atoms with Gasteiger partial charge in [0.1, 0.15) is 0 Å². The molecule has 0 aromatic carbocycles. The van der Waals surface area contributed by atoms with E-state index < -0.39 is 0 Å². The zero-order valence-corrected chi connectivity index (χ0v) is 16.6. The van der Waals surface area contributed by atoms with E-state index in [0.29, 0.717) is 31.7 Å². The monoisotopic (exact) mass is 385 g/mol. The molecular formula is C20H27N5O3. The van der Waals surface area contributed by atoms with Crippen molar-refractivity contribution in [2.75, 3.05) is 32.7 Å². The molecule has 3 heterocycles. The maximum absolute atomic E-state index is 12.5. The van der Waals surface area contributed by atoms with Crippen LogP contribution in [0.4, 0.5) is 0 Å². The summed E-state index contributed by atoms with van der Waals surface area (Å²) in [6.45, 7) is 10.1. The second-order valence-electron chi connectivity index (χ2n) is 8.11. The normalized spacial score (nSPS) is 15.6. The Kier molecular flexibility index (Phi) is 5.79. The third-order valence-electron chi connectivity index (χ3n) is 4.94. The molecule has 1 fully saturated rings. The minimum Gasteiger partial charge on any atom is -0.336 e. The number of hydrogen-bond donors (Lipinski definition) is 1. The van der Waals surface area contributed by atoms with E-state index in [1.807, 2.05) is 0 Å². The average molecular weight is 385 g/mol. The molecule has 0 saturated carbocycles. The summed E-state index contributed by atoms with van der Waals surface area (Å²) < 4.78 is 1.52. The van der Waals surface area contributed by atoms with Crippen LogP contribution in [0.2, 0.25) is 0 Å². The van der Waals surface area contributed by atoms with Gasteiger partial charge in [-0.25, -0.2) is 4.68 Å². The number of aromatic amines is 1. The summed E-state index contributed by atoms with van der Waals surface area (Å²) in [7, 11) is 0. The maximum atomic E-state index is 12.5. The van der Waals surface area contributed by atoms with Crippen molar-refractivity contribution >= 4 is 5.91 Å². The largest absolute Gasteiger partial charge is 0.336 e. The van der Waals surface area contributed by atoms with Crippen molar-refractivity contribution in [1.29, 1.82) is 0 Å². The van der Waals surface area contributed by atoms with Gasteiger partial charge >= 0.3 is 0 Å². The van der Waals surface area contributed by atoms with Crippen molar-refractivity contribution in [3.63, 3.8) is 0 Å². The Morgan fingerprint density at radius 2 is 1.79 bits per heavy atom. The van der Waals surface area contributed by atoms with Crippen molar-refractivity contribution in [3.8, 4) is 0 Å². The van der Waals surface area contributed by atoms with Crippen LogP contribution in [-0.2, 0) is 12.0 Å². The van der Waals surface area contributed by atoms with Gasteiger partial charge in [-0.05, 0) is 12.1 Å². The molecule has 2 aromatic rings. The van der Waals surface area contributed by atoms with Crippen LogP contribution in [0.3, 0.4) is 0 Å². The third kappa shape index (κ3) is 4.75. The highest BCUT2D eigenvalue weighted by Gasteiger charge is 2.22. The number of amides is 1. The maximum Gasteiger partial charge on any atom is 0.266 e. The van der Waals surface area contributed by atoms with Gasteiger partial charge in [-0.1, -0.05) is 20.8 Å². The summed E-state index contributed by atoms with van der Waals surface area (Å²) in [5.41, 5.74) is 0.809. The summed E-state index contributed by atoms with van der Waals surface area (Å²) >= 11 is 0. The highest BCUT2D eigenvalue weighted by Crippen LogP contribution is 2.18. The fourth-order valence-corrected chi connectivity index (χ4v) is 3.18. The molecule has 0 atom stereocenters. The molecule has 1 amide bonds. The van der Waals surface area contributed by atoms with Gasteiger partial charge < -0.3 is 9.88 Å². The van der Waals surface area contributed by atoms with Gasteiger partial charge in [0.15, 0.2) is 0 Å². The fraction of sp³-hybridized carbons (Fsp3) is 0.500. The highest BCUT2D eigenvalue weighted by atomic mass is 16.2. The summed E-state index contributed by atoms with van der Waals surface area (Å²) in [6.07, 6.45) is 1.49. The lowest BCUT2D eigenvalue weighted by Crippen LogP contribution is -2.49. The first-order chi connectivity index (χ1) is 13.2. The number of carbonyl (C=O) groups excluding carboxylic acids is 1. The van der Waals surface area contributed by atoms with Crippen molar-refractivity contribution < 1.29 is 4.79 Å². The number of nitrogens with one attached hydrogen (secondary N) is 1. The van der Waals surface area contributed by atoms with E-state index in [9.17, 15) is 14.4 Å². The van der Waals surface area contributed by atoms with E-state index in [-0.39, 0.29) is 22.4 Å². The zero-order chi connectivity index (χ0) is 20.3. The van der Waals surface area contributed by atoms with E-state index >= 15 is 0 Å². The molecule has 3 rings (SSSR count). The van der Waals surface area contributed by atoms with E-state index in [1.165, 1.54) is 16.9 Å². The van der Waals surface area contributed by atoms with Crippen LogP contribution >= 0.6 is 0 Å². The van der Waals surface area contributed by atoms with Crippen LogP contribution in [-0.4, -0.2) is 63.2 Å².